The van der Waals surface area contributed by atoms with E-state index in [0.717, 1.165) is 0 Å². The minimum Gasteiger partial charge on any atom is -0.326 e. The van der Waals surface area contributed by atoms with Crippen LogP contribution in [-0.4, -0.2) is 13.1 Å². The first-order chi connectivity index (χ1) is 3.00. The fourth-order valence-corrected chi connectivity index (χ4v) is 0.678. The van der Waals surface area contributed by atoms with Crippen LogP contribution < -0.4 is 34.9 Å². The van der Waals surface area contributed by atoms with Crippen molar-refractivity contribution in [3.63, 3.8) is 0 Å². The predicted molar refractivity (Wildman–Crippen MR) is 26.4 cm³/mol. The van der Waals surface area contributed by atoms with Crippen LogP contribution in [0.5, 0.6) is 0 Å². The normalized spacial score (nSPS) is 20.6. The minimum atomic E-state index is 0. The third kappa shape index (κ3) is 3.53. The summed E-state index contributed by atoms with van der Waals surface area (Å²) in [5.41, 5.74) is 0. The van der Waals surface area contributed by atoms with Gasteiger partial charge in [-0.2, -0.15) is 12.8 Å². The molecule has 1 rings (SSSR count). The Kier molecular flexibility index (Phi) is 5.80. The second-order valence-electron chi connectivity index (χ2n) is 1.62. The SMILES string of the molecule is [CH-]1CCNCC1.[Na+]. The van der Waals surface area contributed by atoms with Gasteiger partial charge < -0.3 is 11.7 Å². The average molecular weight is 107 g/mol. The molecule has 0 bridgehead atoms. The van der Waals surface area contributed by atoms with Crippen molar-refractivity contribution >= 4 is 0 Å². The first-order valence-corrected chi connectivity index (χ1v) is 2.52. The van der Waals surface area contributed by atoms with Crippen LogP contribution in [0.15, 0.2) is 0 Å². The zero-order valence-electron chi connectivity index (χ0n) is 4.91. The Hall–Kier alpha value is 0.960. The van der Waals surface area contributed by atoms with Crippen molar-refractivity contribution in [2.45, 2.75) is 12.8 Å². The van der Waals surface area contributed by atoms with Crippen molar-refractivity contribution in [3.05, 3.63) is 6.42 Å². The van der Waals surface area contributed by atoms with Crippen LogP contribution in [0.1, 0.15) is 12.8 Å². The molecule has 1 aliphatic rings. The monoisotopic (exact) mass is 107 g/mol. The fraction of sp³-hybridized carbons (Fsp3) is 0.800. The van der Waals surface area contributed by atoms with Crippen LogP contribution in [0.2, 0.25) is 0 Å². The van der Waals surface area contributed by atoms with E-state index >= 15 is 0 Å². The van der Waals surface area contributed by atoms with Crippen molar-refractivity contribution in [1.82, 2.24) is 5.32 Å². The van der Waals surface area contributed by atoms with Crippen LogP contribution in [0.25, 0.3) is 0 Å². The predicted octanol–water partition coefficient (Wildman–Crippen LogP) is -2.42. The van der Waals surface area contributed by atoms with Gasteiger partial charge in [0, 0.05) is 0 Å². The molecule has 0 spiro atoms. The van der Waals surface area contributed by atoms with Crippen molar-refractivity contribution in [2.75, 3.05) is 13.1 Å². The van der Waals surface area contributed by atoms with E-state index in [4.69, 9.17) is 0 Å². The summed E-state index contributed by atoms with van der Waals surface area (Å²) in [5.74, 6) is 0. The molecule has 0 atom stereocenters. The number of piperidine rings is 1. The van der Waals surface area contributed by atoms with E-state index in [1.807, 2.05) is 0 Å². The molecule has 0 saturated carbocycles. The molecule has 2 heteroatoms. The molecular formula is C5H10NNa. The summed E-state index contributed by atoms with van der Waals surface area (Å²) in [5, 5.41) is 3.25. The molecule has 0 amide bonds. The topological polar surface area (TPSA) is 12.0 Å². The molecule has 0 aromatic rings. The third-order valence-electron chi connectivity index (χ3n) is 1.05. The molecule has 1 saturated heterocycles. The van der Waals surface area contributed by atoms with Crippen LogP contribution in [-0.2, 0) is 0 Å². The van der Waals surface area contributed by atoms with E-state index in [9.17, 15) is 0 Å². The second-order valence-corrected chi connectivity index (χ2v) is 1.62. The first-order valence-electron chi connectivity index (χ1n) is 2.52. The summed E-state index contributed by atoms with van der Waals surface area (Å²) in [6.45, 7) is 2.39. The summed E-state index contributed by atoms with van der Waals surface area (Å²) in [6, 6.07) is 0. The summed E-state index contributed by atoms with van der Waals surface area (Å²) in [7, 11) is 0. The van der Waals surface area contributed by atoms with Crippen molar-refractivity contribution in [3.8, 4) is 0 Å². The summed E-state index contributed by atoms with van der Waals surface area (Å²) >= 11 is 0. The largest absolute Gasteiger partial charge is 1.00 e. The molecule has 0 radical (unpaired) electrons. The molecule has 1 fully saturated rings. The Labute approximate surface area is 67.2 Å². The van der Waals surface area contributed by atoms with Gasteiger partial charge in [0.05, 0.1) is 0 Å². The van der Waals surface area contributed by atoms with Crippen LogP contribution >= 0.6 is 0 Å². The van der Waals surface area contributed by atoms with E-state index < -0.39 is 0 Å². The first kappa shape index (κ1) is 7.96. The quantitative estimate of drug-likeness (QED) is 0.268. The molecule has 0 aliphatic carbocycles. The summed E-state index contributed by atoms with van der Waals surface area (Å²) in [6.07, 6.45) is 4.86. The Bertz CT molecular complexity index is 23.6. The molecule has 36 valence electrons. The molecule has 0 aromatic heterocycles. The Balaban J connectivity index is 0.000000360. The molecule has 1 aliphatic heterocycles. The molecule has 1 nitrogen and oxygen atoms in total. The summed E-state index contributed by atoms with van der Waals surface area (Å²) in [4.78, 5) is 0. The maximum atomic E-state index is 3.25. The van der Waals surface area contributed by atoms with Gasteiger partial charge in [0.2, 0.25) is 0 Å². The zero-order valence-corrected chi connectivity index (χ0v) is 6.91. The van der Waals surface area contributed by atoms with Gasteiger partial charge in [-0.15, -0.1) is 0 Å². The van der Waals surface area contributed by atoms with Gasteiger partial charge >= 0.3 is 29.6 Å². The number of hydrogen-bond acceptors (Lipinski definition) is 1. The van der Waals surface area contributed by atoms with Gasteiger partial charge in [0.15, 0.2) is 0 Å². The molecule has 7 heavy (non-hydrogen) atoms. The van der Waals surface area contributed by atoms with Gasteiger partial charge in [-0.3, -0.25) is 0 Å². The van der Waals surface area contributed by atoms with Gasteiger partial charge in [0.25, 0.3) is 0 Å². The fourth-order valence-electron chi connectivity index (χ4n) is 0.678. The van der Waals surface area contributed by atoms with E-state index in [1.165, 1.54) is 25.9 Å². The molecule has 0 unspecified atom stereocenters. The maximum absolute atomic E-state index is 3.25. The minimum absolute atomic E-state index is 0. The molecule has 0 aromatic carbocycles. The van der Waals surface area contributed by atoms with Gasteiger partial charge in [-0.05, 0) is 13.1 Å². The Morgan fingerprint density at radius 1 is 1.14 bits per heavy atom. The zero-order chi connectivity index (χ0) is 4.24. The van der Waals surface area contributed by atoms with Crippen molar-refractivity contribution in [1.29, 1.82) is 0 Å². The maximum Gasteiger partial charge on any atom is 1.00 e. The standard InChI is InChI=1S/C5H10N.Na/c1-2-4-6-5-3-1;/h1,6H,2-5H2;/q-1;+1. The number of rotatable bonds is 0. The Morgan fingerprint density at radius 2 is 1.71 bits per heavy atom. The van der Waals surface area contributed by atoms with E-state index in [1.54, 1.807) is 0 Å². The molecular weight excluding hydrogens is 97.1 g/mol. The van der Waals surface area contributed by atoms with Crippen molar-refractivity contribution in [2.24, 2.45) is 0 Å². The average Bonchev–Trinajstić information content (AvgIpc) is 1.72. The molecule has 1 heterocycles. The van der Waals surface area contributed by atoms with Crippen LogP contribution in [0, 0.1) is 6.42 Å². The van der Waals surface area contributed by atoms with E-state index in [-0.39, 0.29) is 29.6 Å². The number of nitrogens with one attached hydrogen (secondary N) is 1. The van der Waals surface area contributed by atoms with E-state index in [2.05, 4.69) is 11.7 Å². The molecule has 1 N–H and O–H groups in total. The number of hydrogen-bond donors (Lipinski definition) is 1. The van der Waals surface area contributed by atoms with Gasteiger partial charge in [-0.1, -0.05) is 0 Å². The summed E-state index contributed by atoms with van der Waals surface area (Å²) < 4.78 is 0. The smallest absolute Gasteiger partial charge is 0.326 e. The third-order valence-corrected chi connectivity index (χ3v) is 1.05. The second kappa shape index (κ2) is 5.10. The van der Waals surface area contributed by atoms with Gasteiger partial charge in [0.1, 0.15) is 0 Å². The van der Waals surface area contributed by atoms with Crippen LogP contribution in [0.4, 0.5) is 0 Å². The van der Waals surface area contributed by atoms with E-state index in [0.29, 0.717) is 0 Å². The van der Waals surface area contributed by atoms with Gasteiger partial charge in [-0.25, -0.2) is 0 Å². The van der Waals surface area contributed by atoms with Crippen LogP contribution in [0.3, 0.4) is 0 Å². The Morgan fingerprint density at radius 3 is 1.86 bits per heavy atom. The van der Waals surface area contributed by atoms with Crippen molar-refractivity contribution < 1.29 is 29.6 Å².